The Kier molecular flexibility index (Phi) is 5.42. The van der Waals surface area contributed by atoms with Gasteiger partial charge in [0.25, 0.3) is 0 Å². The number of rotatable bonds is 6. The Balaban J connectivity index is 2.45. The minimum atomic E-state index is -0.0150. The Bertz CT molecular complexity index is 726. The predicted molar refractivity (Wildman–Crippen MR) is 91.3 cm³/mol. The van der Waals surface area contributed by atoms with E-state index < -0.39 is 0 Å². The van der Waals surface area contributed by atoms with E-state index in [1.54, 1.807) is 24.3 Å². The molecule has 0 aliphatic rings. The molecule has 2 N–H and O–H groups in total. The first-order chi connectivity index (χ1) is 11.5. The van der Waals surface area contributed by atoms with E-state index in [4.69, 9.17) is 18.9 Å². The monoisotopic (exact) mass is 332 g/mol. The van der Waals surface area contributed by atoms with Gasteiger partial charge in [0.2, 0.25) is 5.75 Å². The third-order valence-corrected chi connectivity index (χ3v) is 3.47. The Hall–Kier alpha value is -3.02. The molecule has 0 aliphatic carbocycles. The van der Waals surface area contributed by atoms with Crippen molar-refractivity contribution in [3.05, 3.63) is 41.5 Å². The van der Waals surface area contributed by atoms with Gasteiger partial charge < -0.3 is 29.2 Å². The first kappa shape index (κ1) is 17.3. The molecule has 2 aromatic carbocycles. The van der Waals surface area contributed by atoms with E-state index in [0.717, 1.165) is 0 Å². The zero-order valence-corrected chi connectivity index (χ0v) is 14.0. The van der Waals surface area contributed by atoms with Crippen LogP contribution in [0.2, 0.25) is 0 Å². The lowest BCUT2D eigenvalue weighted by atomic mass is 10.1. The maximum absolute atomic E-state index is 10.4. The van der Waals surface area contributed by atoms with Crippen LogP contribution in [0, 0.1) is 0 Å². The van der Waals surface area contributed by atoms with Gasteiger partial charge in [0.15, 0.2) is 23.0 Å². The average molecular weight is 332 g/mol. The molecule has 0 amide bonds. The van der Waals surface area contributed by atoms with Crippen LogP contribution in [0.3, 0.4) is 0 Å². The van der Waals surface area contributed by atoms with E-state index in [9.17, 15) is 10.2 Å². The van der Waals surface area contributed by atoms with Crippen molar-refractivity contribution >= 4 is 11.8 Å². The molecule has 0 aliphatic heterocycles. The zero-order valence-electron chi connectivity index (χ0n) is 14.0. The molecule has 0 fully saturated rings. The number of aliphatic hydroxyl groups is 1. The van der Waals surface area contributed by atoms with Crippen LogP contribution in [-0.4, -0.2) is 38.7 Å². The van der Waals surface area contributed by atoms with Gasteiger partial charge in [-0.05, 0) is 35.9 Å². The fourth-order valence-electron chi connectivity index (χ4n) is 2.27. The molecule has 0 spiro atoms. The highest BCUT2D eigenvalue weighted by Crippen LogP contribution is 2.40. The van der Waals surface area contributed by atoms with Gasteiger partial charge in [-0.3, -0.25) is 0 Å². The lowest BCUT2D eigenvalue weighted by molar-refractivity contribution is 0.324. The molecule has 6 nitrogen and oxygen atoms in total. The molecule has 0 aromatic heterocycles. The molecule has 0 unspecified atom stereocenters. The number of methoxy groups -OCH3 is 4. The molecular weight excluding hydrogens is 312 g/mol. The molecule has 0 bridgehead atoms. The van der Waals surface area contributed by atoms with E-state index in [1.165, 1.54) is 40.6 Å². The van der Waals surface area contributed by atoms with Gasteiger partial charge in [-0.1, -0.05) is 6.07 Å². The lowest BCUT2D eigenvalue weighted by Gasteiger charge is -2.14. The van der Waals surface area contributed by atoms with E-state index in [1.807, 2.05) is 0 Å². The lowest BCUT2D eigenvalue weighted by Crippen LogP contribution is -1.97. The summed E-state index contributed by atoms with van der Waals surface area (Å²) in [6.07, 6.45) is 1.51. The molecule has 24 heavy (non-hydrogen) atoms. The number of phenols is 1. The molecule has 0 atom stereocenters. The highest BCUT2D eigenvalue weighted by molar-refractivity contribution is 5.79. The van der Waals surface area contributed by atoms with Crippen LogP contribution in [-0.2, 0) is 0 Å². The second kappa shape index (κ2) is 7.50. The molecule has 0 saturated carbocycles. The van der Waals surface area contributed by atoms with Crippen LogP contribution >= 0.6 is 0 Å². The van der Waals surface area contributed by atoms with Crippen LogP contribution < -0.4 is 18.9 Å². The number of phenolic OH excluding ortho intramolecular Hbond substituents is 1. The summed E-state index contributed by atoms with van der Waals surface area (Å²) in [6.45, 7) is 0. The number of aliphatic hydroxyl groups excluding tert-OH is 1. The molecule has 2 aromatic rings. The number of hydrogen-bond acceptors (Lipinski definition) is 6. The molecule has 6 heteroatoms. The third kappa shape index (κ3) is 3.48. The Morgan fingerprint density at radius 1 is 0.833 bits per heavy atom. The Labute approximate surface area is 140 Å². The molecule has 0 saturated heterocycles. The van der Waals surface area contributed by atoms with Crippen molar-refractivity contribution in [3.8, 4) is 28.7 Å². The standard InChI is InChI=1S/C18H20O6/c1-21-15-6-5-11(8-14(15)20)7-13(19)12-9-16(22-2)18(24-4)17(10-12)23-3/h5-10,19-20H,1-4H3/b13-7-. The quantitative estimate of drug-likeness (QED) is 0.623. The summed E-state index contributed by atoms with van der Waals surface area (Å²) in [7, 11) is 5.99. The highest BCUT2D eigenvalue weighted by Gasteiger charge is 2.15. The van der Waals surface area contributed by atoms with E-state index in [-0.39, 0.29) is 11.5 Å². The van der Waals surface area contributed by atoms with E-state index in [0.29, 0.717) is 34.1 Å². The summed E-state index contributed by atoms with van der Waals surface area (Å²) >= 11 is 0. The van der Waals surface area contributed by atoms with Crippen LogP contribution in [0.15, 0.2) is 30.3 Å². The molecule has 0 radical (unpaired) electrons. The zero-order chi connectivity index (χ0) is 17.7. The Morgan fingerprint density at radius 3 is 1.88 bits per heavy atom. The topological polar surface area (TPSA) is 77.4 Å². The van der Waals surface area contributed by atoms with Gasteiger partial charge in [-0.25, -0.2) is 0 Å². The third-order valence-electron chi connectivity index (χ3n) is 3.47. The second-order valence-electron chi connectivity index (χ2n) is 4.87. The molecular formula is C18H20O6. The molecule has 0 heterocycles. The van der Waals surface area contributed by atoms with Gasteiger partial charge >= 0.3 is 0 Å². The number of ether oxygens (including phenoxy) is 4. The second-order valence-corrected chi connectivity index (χ2v) is 4.87. The summed E-state index contributed by atoms with van der Waals surface area (Å²) < 4.78 is 20.8. The normalized spacial score (nSPS) is 11.1. The molecule has 2 rings (SSSR count). The smallest absolute Gasteiger partial charge is 0.203 e. The fraction of sp³-hybridized carbons (Fsp3) is 0.222. The van der Waals surface area contributed by atoms with Crippen LogP contribution in [0.25, 0.3) is 11.8 Å². The van der Waals surface area contributed by atoms with Crippen molar-refractivity contribution in [1.29, 1.82) is 0 Å². The SMILES string of the molecule is COc1ccc(/C=C(\O)c2cc(OC)c(OC)c(OC)c2)cc1O. The van der Waals surface area contributed by atoms with Crippen molar-refractivity contribution in [3.63, 3.8) is 0 Å². The van der Waals surface area contributed by atoms with Gasteiger partial charge in [0, 0.05) is 5.56 Å². The number of aromatic hydroxyl groups is 1. The van der Waals surface area contributed by atoms with Crippen molar-refractivity contribution in [2.45, 2.75) is 0 Å². The first-order valence-corrected chi connectivity index (χ1v) is 7.12. The summed E-state index contributed by atoms with van der Waals surface area (Å²) in [5, 5.41) is 20.2. The minimum absolute atomic E-state index is 0.0102. The van der Waals surface area contributed by atoms with Crippen molar-refractivity contribution < 1.29 is 29.2 Å². The van der Waals surface area contributed by atoms with Gasteiger partial charge in [-0.15, -0.1) is 0 Å². The summed E-state index contributed by atoms with van der Waals surface area (Å²) in [5.74, 6) is 1.65. The van der Waals surface area contributed by atoms with E-state index in [2.05, 4.69) is 0 Å². The van der Waals surface area contributed by atoms with Crippen molar-refractivity contribution in [2.75, 3.05) is 28.4 Å². The highest BCUT2D eigenvalue weighted by atomic mass is 16.5. The fourth-order valence-corrected chi connectivity index (χ4v) is 2.27. The van der Waals surface area contributed by atoms with Gasteiger partial charge in [-0.2, -0.15) is 0 Å². The minimum Gasteiger partial charge on any atom is -0.507 e. The van der Waals surface area contributed by atoms with Crippen molar-refractivity contribution in [2.24, 2.45) is 0 Å². The summed E-state index contributed by atoms with van der Waals surface area (Å²) in [4.78, 5) is 0. The summed E-state index contributed by atoms with van der Waals surface area (Å²) in [5.41, 5.74) is 1.10. The van der Waals surface area contributed by atoms with Crippen LogP contribution in [0.4, 0.5) is 0 Å². The van der Waals surface area contributed by atoms with Gasteiger partial charge in [0.05, 0.1) is 28.4 Å². The molecule has 128 valence electrons. The average Bonchev–Trinajstić information content (AvgIpc) is 2.60. The Morgan fingerprint density at radius 2 is 1.42 bits per heavy atom. The number of benzene rings is 2. The maximum atomic E-state index is 10.4. The largest absolute Gasteiger partial charge is 0.507 e. The number of hydrogen-bond donors (Lipinski definition) is 2. The van der Waals surface area contributed by atoms with E-state index >= 15 is 0 Å². The van der Waals surface area contributed by atoms with Crippen LogP contribution in [0.1, 0.15) is 11.1 Å². The predicted octanol–water partition coefficient (Wildman–Crippen LogP) is 3.48. The van der Waals surface area contributed by atoms with Crippen molar-refractivity contribution in [1.82, 2.24) is 0 Å². The van der Waals surface area contributed by atoms with Crippen LogP contribution in [0.5, 0.6) is 28.7 Å². The summed E-state index contributed by atoms with van der Waals surface area (Å²) in [6, 6.07) is 8.09. The first-order valence-electron chi connectivity index (χ1n) is 7.12. The maximum Gasteiger partial charge on any atom is 0.203 e. The van der Waals surface area contributed by atoms with Gasteiger partial charge in [0.1, 0.15) is 5.76 Å².